The predicted octanol–water partition coefficient (Wildman–Crippen LogP) is 4.08. The maximum Gasteiger partial charge on any atom is 0.161 e. The number of nitrogens with one attached hydrogen (secondary N) is 1. The molecule has 1 unspecified atom stereocenters. The van der Waals surface area contributed by atoms with E-state index in [1.807, 2.05) is 6.07 Å². The fourth-order valence-corrected chi connectivity index (χ4v) is 2.68. The van der Waals surface area contributed by atoms with Crippen LogP contribution in [0.25, 0.3) is 0 Å². The van der Waals surface area contributed by atoms with Gasteiger partial charge in [0.15, 0.2) is 11.5 Å². The molecule has 0 aromatic heterocycles. The molecule has 3 nitrogen and oxygen atoms in total. The van der Waals surface area contributed by atoms with Crippen LogP contribution < -0.4 is 14.8 Å². The van der Waals surface area contributed by atoms with Crippen LogP contribution in [0.3, 0.4) is 0 Å². The van der Waals surface area contributed by atoms with E-state index in [-0.39, 0.29) is 0 Å². The Bertz CT molecular complexity index is 406. The van der Waals surface area contributed by atoms with Gasteiger partial charge in [0.1, 0.15) is 13.2 Å². The molecule has 0 aliphatic carbocycles. The number of rotatable bonds is 8. The SMILES string of the molecule is CCCCCCC(NCC)c1ccc2c(c1)OCCO2. The third kappa shape index (κ3) is 4.14. The maximum absolute atomic E-state index is 5.68. The van der Waals surface area contributed by atoms with Crippen molar-refractivity contribution in [2.45, 2.75) is 52.0 Å². The van der Waals surface area contributed by atoms with Crippen molar-refractivity contribution in [1.29, 1.82) is 0 Å². The minimum Gasteiger partial charge on any atom is -0.486 e. The molecule has 1 heterocycles. The van der Waals surface area contributed by atoms with Crippen LogP contribution in [0.5, 0.6) is 11.5 Å². The van der Waals surface area contributed by atoms with E-state index in [2.05, 4.69) is 31.3 Å². The quantitative estimate of drug-likeness (QED) is 0.726. The van der Waals surface area contributed by atoms with Gasteiger partial charge in [0.25, 0.3) is 0 Å². The molecule has 1 atom stereocenters. The molecular formula is C17H27NO2. The van der Waals surface area contributed by atoms with Crippen LogP contribution in [-0.4, -0.2) is 19.8 Å². The van der Waals surface area contributed by atoms with Gasteiger partial charge in [-0.25, -0.2) is 0 Å². The van der Waals surface area contributed by atoms with Crippen LogP contribution in [0.1, 0.15) is 57.6 Å². The lowest BCUT2D eigenvalue weighted by Gasteiger charge is -2.22. The van der Waals surface area contributed by atoms with Crippen LogP contribution in [0, 0.1) is 0 Å². The second-order valence-corrected chi connectivity index (χ2v) is 5.36. The van der Waals surface area contributed by atoms with E-state index < -0.39 is 0 Å². The summed E-state index contributed by atoms with van der Waals surface area (Å²) in [7, 11) is 0. The molecule has 0 fully saturated rings. The number of fused-ring (bicyclic) bond motifs is 1. The second kappa shape index (κ2) is 8.15. The van der Waals surface area contributed by atoms with Gasteiger partial charge in [0.05, 0.1) is 0 Å². The van der Waals surface area contributed by atoms with E-state index in [1.54, 1.807) is 0 Å². The summed E-state index contributed by atoms with van der Waals surface area (Å²) >= 11 is 0. The van der Waals surface area contributed by atoms with E-state index in [0.717, 1.165) is 18.0 Å². The van der Waals surface area contributed by atoms with Crippen LogP contribution >= 0.6 is 0 Å². The van der Waals surface area contributed by atoms with E-state index >= 15 is 0 Å². The molecule has 1 aliphatic heterocycles. The summed E-state index contributed by atoms with van der Waals surface area (Å²) in [6, 6.07) is 6.77. The summed E-state index contributed by atoms with van der Waals surface area (Å²) in [6.07, 6.45) is 6.41. The monoisotopic (exact) mass is 277 g/mol. The molecule has 0 amide bonds. The minimum absolute atomic E-state index is 0.424. The average molecular weight is 277 g/mol. The van der Waals surface area contributed by atoms with Crippen molar-refractivity contribution in [3.63, 3.8) is 0 Å². The fraction of sp³-hybridized carbons (Fsp3) is 0.647. The first kappa shape index (κ1) is 15.2. The normalized spacial score (nSPS) is 15.1. The molecule has 1 aliphatic rings. The Morgan fingerprint density at radius 2 is 1.85 bits per heavy atom. The topological polar surface area (TPSA) is 30.5 Å². The summed E-state index contributed by atoms with van der Waals surface area (Å²) < 4.78 is 11.3. The highest BCUT2D eigenvalue weighted by Crippen LogP contribution is 2.33. The van der Waals surface area contributed by atoms with Gasteiger partial charge < -0.3 is 14.8 Å². The summed E-state index contributed by atoms with van der Waals surface area (Å²) in [4.78, 5) is 0. The Morgan fingerprint density at radius 3 is 2.60 bits per heavy atom. The summed E-state index contributed by atoms with van der Waals surface area (Å²) in [6.45, 7) is 6.71. The fourth-order valence-electron chi connectivity index (χ4n) is 2.68. The number of hydrogen-bond acceptors (Lipinski definition) is 3. The van der Waals surface area contributed by atoms with Crippen LogP contribution in [0.2, 0.25) is 0 Å². The third-order valence-electron chi connectivity index (χ3n) is 3.77. The van der Waals surface area contributed by atoms with E-state index in [9.17, 15) is 0 Å². The lowest BCUT2D eigenvalue weighted by Crippen LogP contribution is -2.21. The number of hydrogen-bond donors (Lipinski definition) is 1. The molecule has 20 heavy (non-hydrogen) atoms. The Balaban J connectivity index is 2.00. The Morgan fingerprint density at radius 1 is 1.05 bits per heavy atom. The van der Waals surface area contributed by atoms with Crippen LogP contribution in [-0.2, 0) is 0 Å². The average Bonchev–Trinajstić information content (AvgIpc) is 2.50. The highest BCUT2D eigenvalue weighted by atomic mass is 16.6. The second-order valence-electron chi connectivity index (χ2n) is 5.36. The summed E-state index contributed by atoms with van der Waals surface area (Å²) in [5, 5.41) is 3.59. The van der Waals surface area contributed by atoms with E-state index in [1.165, 1.54) is 37.7 Å². The number of benzene rings is 1. The van der Waals surface area contributed by atoms with Gasteiger partial charge in [-0.1, -0.05) is 45.6 Å². The molecular weight excluding hydrogens is 250 g/mol. The summed E-state index contributed by atoms with van der Waals surface area (Å²) in [5.74, 6) is 1.77. The first-order valence-electron chi connectivity index (χ1n) is 7.98. The molecule has 112 valence electrons. The van der Waals surface area contributed by atoms with Gasteiger partial charge >= 0.3 is 0 Å². The van der Waals surface area contributed by atoms with E-state index in [4.69, 9.17) is 9.47 Å². The Labute approximate surface area is 122 Å². The van der Waals surface area contributed by atoms with Gasteiger partial charge in [-0.2, -0.15) is 0 Å². The molecule has 2 rings (SSSR count). The van der Waals surface area contributed by atoms with Crippen LogP contribution in [0.15, 0.2) is 18.2 Å². The van der Waals surface area contributed by atoms with Gasteiger partial charge in [0.2, 0.25) is 0 Å². The Hall–Kier alpha value is -1.22. The lowest BCUT2D eigenvalue weighted by atomic mass is 9.99. The van der Waals surface area contributed by atoms with Crippen LogP contribution in [0.4, 0.5) is 0 Å². The Kier molecular flexibility index (Phi) is 6.19. The van der Waals surface area contributed by atoms with Gasteiger partial charge in [-0.05, 0) is 30.7 Å². The smallest absolute Gasteiger partial charge is 0.161 e. The number of ether oxygens (including phenoxy) is 2. The van der Waals surface area contributed by atoms with Gasteiger partial charge in [-0.15, -0.1) is 0 Å². The van der Waals surface area contributed by atoms with Crippen molar-refractivity contribution in [3.8, 4) is 11.5 Å². The van der Waals surface area contributed by atoms with Crippen molar-refractivity contribution < 1.29 is 9.47 Å². The molecule has 1 aromatic carbocycles. The first-order valence-corrected chi connectivity index (χ1v) is 7.98. The molecule has 0 bridgehead atoms. The largest absolute Gasteiger partial charge is 0.486 e. The zero-order valence-electron chi connectivity index (χ0n) is 12.8. The van der Waals surface area contributed by atoms with Crippen molar-refractivity contribution in [3.05, 3.63) is 23.8 Å². The minimum atomic E-state index is 0.424. The third-order valence-corrected chi connectivity index (χ3v) is 3.77. The van der Waals surface area contributed by atoms with Crippen molar-refractivity contribution in [2.24, 2.45) is 0 Å². The standard InChI is InChI=1S/C17H27NO2/c1-3-5-6-7-8-15(18-4-2)14-9-10-16-17(13-14)20-12-11-19-16/h9-10,13,15,18H,3-8,11-12H2,1-2H3. The maximum atomic E-state index is 5.68. The molecule has 0 radical (unpaired) electrons. The molecule has 0 spiro atoms. The highest BCUT2D eigenvalue weighted by Gasteiger charge is 2.16. The van der Waals surface area contributed by atoms with Crippen molar-refractivity contribution >= 4 is 0 Å². The molecule has 0 saturated heterocycles. The van der Waals surface area contributed by atoms with Gasteiger partial charge in [0, 0.05) is 6.04 Å². The molecule has 3 heteroatoms. The predicted molar refractivity (Wildman–Crippen MR) is 82.6 cm³/mol. The zero-order valence-corrected chi connectivity index (χ0v) is 12.8. The number of unbranched alkanes of at least 4 members (excludes halogenated alkanes) is 3. The highest BCUT2D eigenvalue weighted by molar-refractivity contribution is 5.44. The lowest BCUT2D eigenvalue weighted by molar-refractivity contribution is 0.171. The summed E-state index contributed by atoms with van der Waals surface area (Å²) in [5.41, 5.74) is 1.31. The van der Waals surface area contributed by atoms with Crippen molar-refractivity contribution in [1.82, 2.24) is 5.32 Å². The van der Waals surface area contributed by atoms with E-state index in [0.29, 0.717) is 19.3 Å². The van der Waals surface area contributed by atoms with Gasteiger partial charge in [-0.3, -0.25) is 0 Å². The molecule has 1 N–H and O–H groups in total. The first-order chi connectivity index (χ1) is 9.85. The molecule has 0 saturated carbocycles. The molecule has 1 aromatic rings. The van der Waals surface area contributed by atoms with Crippen molar-refractivity contribution in [2.75, 3.05) is 19.8 Å². The zero-order chi connectivity index (χ0) is 14.2.